The Morgan fingerprint density at radius 2 is 2.15 bits per heavy atom. The van der Waals surface area contributed by atoms with Crippen molar-refractivity contribution in [1.82, 2.24) is 9.97 Å². The summed E-state index contributed by atoms with van der Waals surface area (Å²) in [5.41, 5.74) is 7.75. The van der Waals surface area contributed by atoms with Crippen LogP contribution in [-0.2, 0) is 6.42 Å². The average molecular weight is 337 g/mol. The topological polar surface area (TPSA) is 73.1 Å². The fourth-order valence-corrected chi connectivity index (χ4v) is 2.31. The number of nitrogen functional groups attached to an aromatic ring is 1. The van der Waals surface area contributed by atoms with Gasteiger partial charge in [-0.05, 0) is 34.5 Å². The van der Waals surface area contributed by atoms with E-state index < -0.39 is 0 Å². The summed E-state index contributed by atoms with van der Waals surface area (Å²) in [4.78, 5) is 8.32. The molecule has 0 bridgehead atoms. The van der Waals surface area contributed by atoms with Crippen molar-refractivity contribution in [3.63, 3.8) is 0 Å². The number of nitrogens with zero attached hydrogens (tertiary/aromatic N) is 2. The first-order valence-corrected chi connectivity index (χ1v) is 7.15. The minimum Gasteiger partial charge on any atom is -0.495 e. The van der Waals surface area contributed by atoms with Crippen molar-refractivity contribution >= 4 is 33.3 Å². The Labute approximate surface area is 126 Å². The predicted octanol–water partition coefficient (Wildman–Crippen LogP) is 3.53. The maximum absolute atomic E-state index is 5.92. The van der Waals surface area contributed by atoms with Crippen molar-refractivity contribution in [2.24, 2.45) is 0 Å². The molecule has 6 heteroatoms. The standard InChI is InChI=1S/C14H17BrN4O/c1-3-4-10-13(16)17-8-18-14(10)19-9-5-6-11(15)12(7-9)20-2/h5-8H,3-4H2,1-2H3,(H3,16,17,18,19). The lowest BCUT2D eigenvalue weighted by atomic mass is 10.1. The van der Waals surface area contributed by atoms with E-state index in [2.05, 4.69) is 38.1 Å². The molecule has 20 heavy (non-hydrogen) atoms. The minimum absolute atomic E-state index is 0.522. The van der Waals surface area contributed by atoms with Crippen molar-refractivity contribution in [3.05, 3.63) is 34.6 Å². The van der Waals surface area contributed by atoms with Crippen molar-refractivity contribution in [2.45, 2.75) is 19.8 Å². The predicted molar refractivity (Wildman–Crippen MR) is 84.4 cm³/mol. The van der Waals surface area contributed by atoms with Gasteiger partial charge in [0.05, 0.1) is 11.6 Å². The number of nitrogens with two attached hydrogens (primary N) is 1. The summed E-state index contributed by atoms with van der Waals surface area (Å²) in [5.74, 6) is 2.02. The first-order valence-electron chi connectivity index (χ1n) is 6.35. The Bertz CT molecular complexity index is 604. The molecular weight excluding hydrogens is 320 g/mol. The summed E-state index contributed by atoms with van der Waals surface area (Å²) in [6.07, 6.45) is 3.28. The Hall–Kier alpha value is -1.82. The van der Waals surface area contributed by atoms with Gasteiger partial charge in [-0.3, -0.25) is 0 Å². The summed E-state index contributed by atoms with van der Waals surface area (Å²) in [6.45, 7) is 2.10. The van der Waals surface area contributed by atoms with E-state index in [1.807, 2.05) is 18.2 Å². The fourth-order valence-electron chi connectivity index (χ4n) is 1.90. The fraction of sp³-hybridized carbons (Fsp3) is 0.286. The van der Waals surface area contributed by atoms with Crippen LogP contribution in [0.5, 0.6) is 5.75 Å². The van der Waals surface area contributed by atoms with E-state index in [9.17, 15) is 0 Å². The van der Waals surface area contributed by atoms with E-state index in [0.717, 1.165) is 40.1 Å². The van der Waals surface area contributed by atoms with Gasteiger partial charge in [0, 0.05) is 17.3 Å². The van der Waals surface area contributed by atoms with Crippen molar-refractivity contribution < 1.29 is 4.74 Å². The normalized spacial score (nSPS) is 10.3. The Morgan fingerprint density at radius 1 is 1.35 bits per heavy atom. The van der Waals surface area contributed by atoms with E-state index in [1.54, 1.807) is 7.11 Å². The summed E-state index contributed by atoms with van der Waals surface area (Å²) in [6, 6.07) is 5.77. The van der Waals surface area contributed by atoms with Gasteiger partial charge in [-0.1, -0.05) is 13.3 Å². The number of hydrogen-bond donors (Lipinski definition) is 2. The molecule has 1 aromatic carbocycles. The lowest BCUT2D eigenvalue weighted by Gasteiger charge is -2.13. The molecule has 106 valence electrons. The molecule has 0 unspecified atom stereocenters. The molecule has 5 nitrogen and oxygen atoms in total. The van der Waals surface area contributed by atoms with Crippen LogP contribution >= 0.6 is 15.9 Å². The number of hydrogen-bond acceptors (Lipinski definition) is 5. The molecule has 0 aliphatic heterocycles. The van der Waals surface area contributed by atoms with Gasteiger partial charge >= 0.3 is 0 Å². The maximum Gasteiger partial charge on any atom is 0.139 e. The van der Waals surface area contributed by atoms with Crippen LogP contribution in [0.3, 0.4) is 0 Å². The van der Waals surface area contributed by atoms with E-state index in [0.29, 0.717) is 5.82 Å². The molecule has 2 aromatic rings. The molecule has 0 amide bonds. The maximum atomic E-state index is 5.92. The van der Waals surface area contributed by atoms with Crippen LogP contribution in [-0.4, -0.2) is 17.1 Å². The van der Waals surface area contributed by atoms with Gasteiger partial charge in [0.1, 0.15) is 23.7 Å². The van der Waals surface area contributed by atoms with Gasteiger partial charge in [0.2, 0.25) is 0 Å². The molecule has 3 N–H and O–H groups in total. The highest BCUT2D eigenvalue weighted by Gasteiger charge is 2.09. The van der Waals surface area contributed by atoms with Crippen LogP contribution in [0, 0.1) is 0 Å². The third-order valence-electron chi connectivity index (χ3n) is 2.89. The van der Waals surface area contributed by atoms with Crippen molar-refractivity contribution in [3.8, 4) is 5.75 Å². The molecule has 0 fully saturated rings. The molecule has 0 saturated heterocycles. The van der Waals surface area contributed by atoms with Crippen LogP contribution in [0.2, 0.25) is 0 Å². The van der Waals surface area contributed by atoms with Crippen LogP contribution in [0.25, 0.3) is 0 Å². The third kappa shape index (κ3) is 3.19. The zero-order valence-corrected chi connectivity index (χ0v) is 13.1. The zero-order valence-electron chi connectivity index (χ0n) is 11.5. The largest absolute Gasteiger partial charge is 0.495 e. The first-order chi connectivity index (χ1) is 9.65. The number of benzene rings is 1. The summed E-state index contributed by atoms with van der Waals surface area (Å²) >= 11 is 3.43. The minimum atomic E-state index is 0.522. The summed E-state index contributed by atoms with van der Waals surface area (Å²) in [7, 11) is 1.63. The highest BCUT2D eigenvalue weighted by molar-refractivity contribution is 9.10. The Balaban J connectivity index is 2.32. The summed E-state index contributed by atoms with van der Waals surface area (Å²) < 4.78 is 6.18. The lowest BCUT2D eigenvalue weighted by Crippen LogP contribution is -2.05. The monoisotopic (exact) mass is 336 g/mol. The number of rotatable bonds is 5. The van der Waals surface area contributed by atoms with E-state index >= 15 is 0 Å². The number of methoxy groups -OCH3 is 1. The second-order valence-corrected chi connectivity index (χ2v) is 5.16. The number of nitrogens with one attached hydrogen (secondary N) is 1. The van der Waals surface area contributed by atoms with Crippen molar-refractivity contribution in [1.29, 1.82) is 0 Å². The number of halogens is 1. The molecule has 0 spiro atoms. The quantitative estimate of drug-likeness (QED) is 0.873. The SMILES string of the molecule is CCCc1c(N)ncnc1Nc1ccc(Br)c(OC)c1. The smallest absolute Gasteiger partial charge is 0.139 e. The average Bonchev–Trinajstić information content (AvgIpc) is 2.44. The van der Waals surface area contributed by atoms with E-state index in [4.69, 9.17) is 10.5 Å². The van der Waals surface area contributed by atoms with E-state index in [1.165, 1.54) is 6.33 Å². The Kier molecular flexibility index (Phi) is 4.79. The van der Waals surface area contributed by atoms with Gasteiger partial charge in [-0.15, -0.1) is 0 Å². The zero-order chi connectivity index (χ0) is 14.5. The van der Waals surface area contributed by atoms with Crippen LogP contribution in [0.15, 0.2) is 29.0 Å². The second-order valence-electron chi connectivity index (χ2n) is 4.31. The molecule has 0 atom stereocenters. The van der Waals surface area contributed by atoms with Gasteiger partial charge in [0.25, 0.3) is 0 Å². The highest BCUT2D eigenvalue weighted by atomic mass is 79.9. The van der Waals surface area contributed by atoms with E-state index in [-0.39, 0.29) is 0 Å². The number of anilines is 3. The van der Waals surface area contributed by atoms with Gasteiger partial charge in [-0.2, -0.15) is 0 Å². The highest BCUT2D eigenvalue weighted by Crippen LogP contribution is 2.30. The van der Waals surface area contributed by atoms with Crippen molar-refractivity contribution in [2.75, 3.05) is 18.2 Å². The molecule has 0 saturated carbocycles. The first kappa shape index (κ1) is 14.6. The molecule has 0 aliphatic rings. The molecule has 1 aromatic heterocycles. The molecule has 2 rings (SSSR count). The molecule has 0 radical (unpaired) electrons. The molecule has 1 heterocycles. The molecular formula is C14H17BrN4O. The Morgan fingerprint density at radius 3 is 2.85 bits per heavy atom. The molecule has 0 aliphatic carbocycles. The van der Waals surface area contributed by atoms with Crippen LogP contribution in [0.1, 0.15) is 18.9 Å². The third-order valence-corrected chi connectivity index (χ3v) is 3.55. The number of aromatic nitrogens is 2. The summed E-state index contributed by atoms with van der Waals surface area (Å²) in [5, 5.41) is 3.27. The lowest BCUT2D eigenvalue weighted by molar-refractivity contribution is 0.412. The van der Waals surface area contributed by atoms with Crippen LogP contribution in [0.4, 0.5) is 17.3 Å². The van der Waals surface area contributed by atoms with Crippen LogP contribution < -0.4 is 15.8 Å². The second kappa shape index (κ2) is 6.56. The van der Waals surface area contributed by atoms with Gasteiger partial charge in [0.15, 0.2) is 0 Å². The number of ether oxygens (including phenoxy) is 1. The van der Waals surface area contributed by atoms with Gasteiger partial charge in [-0.25, -0.2) is 9.97 Å². The van der Waals surface area contributed by atoms with Gasteiger partial charge < -0.3 is 15.8 Å².